The van der Waals surface area contributed by atoms with Gasteiger partial charge in [-0.25, -0.2) is 9.97 Å². The molecule has 0 radical (unpaired) electrons. The van der Waals surface area contributed by atoms with Gasteiger partial charge in [0.15, 0.2) is 0 Å². The second-order valence-electron chi connectivity index (χ2n) is 3.83. The summed E-state index contributed by atoms with van der Waals surface area (Å²) in [6.07, 6.45) is 1.49. The van der Waals surface area contributed by atoms with E-state index in [1.807, 2.05) is 6.07 Å². The third kappa shape index (κ3) is 2.87. The van der Waals surface area contributed by atoms with Crippen molar-refractivity contribution < 1.29 is 4.92 Å². The van der Waals surface area contributed by atoms with Gasteiger partial charge in [0, 0.05) is 25.2 Å². The molecule has 0 aliphatic heterocycles. The van der Waals surface area contributed by atoms with Crippen LogP contribution >= 0.6 is 11.3 Å². The molecule has 100 valence electrons. The van der Waals surface area contributed by atoms with Crippen LogP contribution in [0, 0.1) is 10.1 Å². The van der Waals surface area contributed by atoms with Crippen molar-refractivity contribution in [3.8, 4) is 10.6 Å². The predicted molar refractivity (Wildman–Crippen MR) is 75.6 cm³/mol. The zero-order valence-electron chi connectivity index (χ0n) is 10.7. The molecular formula is C12H14N4O2S. The van der Waals surface area contributed by atoms with Gasteiger partial charge in [-0.1, -0.05) is 11.3 Å². The second-order valence-corrected chi connectivity index (χ2v) is 4.89. The lowest BCUT2D eigenvalue weighted by atomic mass is 10.3. The molecule has 2 aromatic heterocycles. The van der Waals surface area contributed by atoms with Gasteiger partial charge in [0.1, 0.15) is 12.1 Å². The van der Waals surface area contributed by atoms with Gasteiger partial charge in [-0.15, -0.1) is 0 Å². The van der Waals surface area contributed by atoms with Crippen LogP contribution in [-0.2, 0) is 0 Å². The first-order valence-electron chi connectivity index (χ1n) is 5.97. The van der Waals surface area contributed by atoms with E-state index in [-0.39, 0.29) is 9.92 Å². The van der Waals surface area contributed by atoms with Crippen LogP contribution in [0.5, 0.6) is 0 Å². The molecule has 0 N–H and O–H groups in total. The van der Waals surface area contributed by atoms with Crippen molar-refractivity contribution in [3.63, 3.8) is 0 Å². The van der Waals surface area contributed by atoms with E-state index in [0.29, 0.717) is 0 Å². The molecule has 7 heteroatoms. The average molecular weight is 278 g/mol. The van der Waals surface area contributed by atoms with E-state index in [9.17, 15) is 10.1 Å². The highest BCUT2D eigenvalue weighted by Crippen LogP contribution is 2.32. The molecule has 2 rings (SSSR count). The van der Waals surface area contributed by atoms with Gasteiger partial charge in [-0.3, -0.25) is 10.1 Å². The standard InChI is InChI=1S/C12H14N4O2S/c1-3-15(4-2)11-7-9(13-8-14-11)10-5-6-12(19-10)16(17)18/h5-8H,3-4H2,1-2H3. The Morgan fingerprint density at radius 2 is 2.05 bits per heavy atom. The van der Waals surface area contributed by atoms with E-state index in [0.717, 1.165) is 40.8 Å². The number of hydrogen-bond donors (Lipinski definition) is 0. The lowest BCUT2D eigenvalue weighted by molar-refractivity contribution is -0.380. The first-order valence-corrected chi connectivity index (χ1v) is 6.79. The maximum Gasteiger partial charge on any atom is 0.324 e. The highest BCUT2D eigenvalue weighted by molar-refractivity contribution is 7.18. The fourth-order valence-electron chi connectivity index (χ4n) is 1.77. The van der Waals surface area contributed by atoms with Crippen molar-refractivity contribution in [1.29, 1.82) is 0 Å². The topological polar surface area (TPSA) is 72.2 Å². The molecule has 0 aromatic carbocycles. The molecule has 6 nitrogen and oxygen atoms in total. The molecule has 0 unspecified atom stereocenters. The van der Waals surface area contributed by atoms with Gasteiger partial charge in [0.05, 0.1) is 15.5 Å². The summed E-state index contributed by atoms with van der Waals surface area (Å²) in [5, 5.41) is 10.8. The number of rotatable bonds is 5. The van der Waals surface area contributed by atoms with Gasteiger partial charge in [-0.05, 0) is 19.9 Å². The van der Waals surface area contributed by atoms with E-state index < -0.39 is 0 Å². The predicted octanol–water partition coefficient (Wildman–Crippen LogP) is 2.96. The lowest BCUT2D eigenvalue weighted by Gasteiger charge is -2.19. The highest BCUT2D eigenvalue weighted by Gasteiger charge is 2.13. The minimum absolute atomic E-state index is 0.123. The van der Waals surface area contributed by atoms with Crippen LogP contribution in [0.15, 0.2) is 24.5 Å². The van der Waals surface area contributed by atoms with Crippen molar-refractivity contribution in [2.75, 3.05) is 18.0 Å². The summed E-state index contributed by atoms with van der Waals surface area (Å²) in [5.74, 6) is 0.839. The molecule has 19 heavy (non-hydrogen) atoms. The van der Waals surface area contributed by atoms with Crippen LogP contribution in [0.3, 0.4) is 0 Å². The largest absolute Gasteiger partial charge is 0.357 e. The number of aromatic nitrogens is 2. The Bertz CT molecular complexity index is 581. The van der Waals surface area contributed by atoms with E-state index in [1.54, 1.807) is 6.07 Å². The van der Waals surface area contributed by atoms with E-state index in [1.165, 1.54) is 12.4 Å². The number of nitrogens with zero attached hydrogens (tertiary/aromatic N) is 4. The summed E-state index contributed by atoms with van der Waals surface area (Å²) < 4.78 is 0. The van der Waals surface area contributed by atoms with E-state index >= 15 is 0 Å². The molecule has 0 atom stereocenters. The van der Waals surface area contributed by atoms with E-state index in [4.69, 9.17) is 0 Å². The average Bonchev–Trinajstić information content (AvgIpc) is 2.90. The van der Waals surface area contributed by atoms with Crippen molar-refractivity contribution >= 4 is 22.2 Å². The second kappa shape index (κ2) is 5.75. The van der Waals surface area contributed by atoms with Crippen molar-refractivity contribution in [2.24, 2.45) is 0 Å². The number of hydrogen-bond acceptors (Lipinski definition) is 6. The molecule has 2 heterocycles. The van der Waals surface area contributed by atoms with Gasteiger partial charge < -0.3 is 4.90 Å². The van der Waals surface area contributed by atoms with Gasteiger partial charge in [-0.2, -0.15) is 0 Å². The van der Waals surface area contributed by atoms with Crippen LogP contribution in [0.4, 0.5) is 10.8 Å². The Morgan fingerprint density at radius 3 is 2.63 bits per heavy atom. The van der Waals surface area contributed by atoms with Gasteiger partial charge >= 0.3 is 5.00 Å². The Labute approximate surface area is 114 Å². The molecule has 2 aromatic rings. The number of anilines is 1. The summed E-state index contributed by atoms with van der Waals surface area (Å²) in [6, 6.07) is 5.08. The third-order valence-electron chi connectivity index (χ3n) is 2.76. The fraction of sp³-hybridized carbons (Fsp3) is 0.333. The van der Waals surface area contributed by atoms with Crippen LogP contribution in [0.25, 0.3) is 10.6 Å². The van der Waals surface area contributed by atoms with Crippen molar-refractivity contribution in [1.82, 2.24) is 9.97 Å². The van der Waals surface area contributed by atoms with Gasteiger partial charge in [0.2, 0.25) is 0 Å². The normalized spacial score (nSPS) is 10.4. The molecule has 0 aliphatic rings. The molecular weight excluding hydrogens is 264 g/mol. The van der Waals surface area contributed by atoms with Crippen LogP contribution in [-0.4, -0.2) is 28.0 Å². The van der Waals surface area contributed by atoms with Crippen LogP contribution < -0.4 is 4.90 Å². The molecule has 0 bridgehead atoms. The Balaban J connectivity index is 2.34. The smallest absolute Gasteiger partial charge is 0.324 e. The lowest BCUT2D eigenvalue weighted by Crippen LogP contribution is -2.22. The molecule has 0 saturated heterocycles. The molecule has 0 saturated carbocycles. The zero-order chi connectivity index (χ0) is 13.8. The Hall–Kier alpha value is -2.02. The SMILES string of the molecule is CCN(CC)c1cc(-c2ccc([N+](=O)[O-])s2)ncn1. The van der Waals surface area contributed by atoms with E-state index in [2.05, 4.69) is 28.7 Å². The van der Waals surface area contributed by atoms with Crippen LogP contribution in [0.2, 0.25) is 0 Å². The zero-order valence-corrected chi connectivity index (χ0v) is 11.6. The molecule has 0 fully saturated rings. The number of thiophene rings is 1. The van der Waals surface area contributed by atoms with Crippen LogP contribution in [0.1, 0.15) is 13.8 Å². The first kappa shape index (κ1) is 13.4. The van der Waals surface area contributed by atoms with Gasteiger partial charge in [0.25, 0.3) is 0 Å². The Kier molecular flexibility index (Phi) is 4.06. The fourth-order valence-corrected chi connectivity index (χ4v) is 2.55. The molecule has 0 amide bonds. The van der Waals surface area contributed by atoms with Crippen molar-refractivity contribution in [2.45, 2.75) is 13.8 Å². The summed E-state index contributed by atoms with van der Waals surface area (Å²) in [7, 11) is 0. The molecule has 0 spiro atoms. The first-order chi connectivity index (χ1) is 9.15. The Morgan fingerprint density at radius 1 is 1.32 bits per heavy atom. The highest BCUT2D eigenvalue weighted by atomic mass is 32.1. The summed E-state index contributed by atoms with van der Waals surface area (Å²) in [4.78, 5) is 21.6. The van der Waals surface area contributed by atoms with Crippen molar-refractivity contribution in [3.05, 3.63) is 34.6 Å². The third-order valence-corrected chi connectivity index (χ3v) is 3.82. The number of nitro groups is 1. The maximum atomic E-state index is 10.7. The minimum atomic E-state index is -0.388. The monoisotopic (exact) mass is 278 g/mol. The maximum absolute atomic E-state index is 10.7. The summed E-state index contributed by atoms with van der Waals surface area (Å²) in [6.45, 7) is 5.83. The summed E-state index contributed by atoms with van der Waals surface area (Å²) >= 11 is 1.12. The minimum Gasteiger partial charge on any atom is -0.357 e. The summed E-state index contributed by atoms with van der Waals surface area (Å²) in [5.41, 5.74) is 0.718. The molecule has 0 aliphatic carbocycles. The quantitative estimate of drug-likeness (QED) is 0.621.